The zero-order valence-corrected chi connectivity index (χ0v) is 17.2. The highest BCUT2D eigenvalue weighted by Gasteiger charge is 2.38. The van der Waals surface area contributed by atoms with E-state index in [-0.39, 0.29) is 23.9 Å². The van der Waals surface area contributed by atoms with Crippen LogP contribution in [-0.2, 0) is 11.3 Å². The number of hydrogen-bond acceptors (Lipinski definition) is 4. The summed E-state index contributed by atoms with van der Waals surface area (Å²) < 4.78 is 0. The number of benzene rings is 1. The van der Waals surface area contributed by atoms with E-state index in [0.29, 0.717) is 18.5 Å². The van der Waals surface area contributed by atoms with Crippen molar-refractivity contribution in [2.45, 2.75) is 70.6 Å². The molecule has 0 spiro atoms. The Balaban J connectivity index is 1.65. The fourth-order valence-corrected chi connectivity index (χ4v) is 4.19. The van der Waals surface area contributed by atoms with Crippen LogP contribution in [0.5, 0.6) is 0 Å². The van der Waals surface area contributed by atoms with Crippen molar-refractivity contribution in [3.63, 3.8) is 0 Å². The van der Waals surface area contributed by atoms with Gasteiger partial charge in [0.1, 0.15) is 6.04 Å². The smallest absolute Gasteiger partial charge is 0.254 e. The Labute approximate surface area is 168 Å². The molecule has 3 N–H and O–H groups in total. The van der Waals surface area contributed by atoms with Crippen LogP contribution in [0.1, 0.15) is 61.9 Å². The first-order valence-electron chi connectivity index (χ1n) is 10.6. The van der Waals surface area contributed by atoms with Crippen molar-refractivity contribution < 1.29 is 9.59 Å². The Morgan fingerprint density at radius 2 is 1.75 bits per heavy atom. The maximum Gasteiger partial charge on any atom is 0.254 e. The van der Waals surface area contributed by atoms with Gasteiger partial charge in [0, 0.05) is 30.7 Å². The number of nitrogens with one attached hydrogen (secondary N) is 1. The van der Waals surface area contributed by atoms with E-state index in [1.807, 2.05) is 38.1 Å². The summed E-state index contributed by atoms with van der Waals surface area (Å²) in [5, 5.41) is 2.91. The van der Waals surface area contributed by atoms with E-state index in [1.165, 1.54) is 31.2 Å². The zero-order chi connectivity index (χ0) is 20.1. The third kappa shape index (κ3) is 5.32. The zero-order valence-electron chi connectivity index (χ0n) is 17.2. The average Bonchev–Trinajstić information content (AvgIpc) is 2.87. The number of likely N-dealkylation sites (tertiary alicyclic amines) is 2. The van der Waals surface area contributed by atoms with Crippen molar-refractivity contribution in [3.8, 4) is 0 Å². The Morgan fingerprint density at radius 3 is 2.36 bits per heavy atom. The van der Waals surface area contributed by atoms with Gasteiger partial charge in [-0.05, 0) is 63.9 Å². The second-order valence-corrected chi connectivity index (χ2v) is 8.52. The van der Waals surface area contributed by atoms with E-state index >= 15 is 0 Å². The van der Waals surface area contributed by atoms with Gasteiger partial charge in [0.25, 0.3) is 5.91 Å². The summed E-state index contributed by atoms with van der Waals surface area (Å²) in [5.41, 5.74) is 7.91. The van der Waals surface area contributed by atoms with Crippen molar-refractivity contribution in [2.24, 2.45) is 5.73 Å². The molecule has 6 heteroatoms. The number of nitrogens with zero attached hydrogens (tertiary/aromatic N) is 2. The van der Waals surface area contributed by atoms with Crippen LogP contribution in [0.2, 0.25) is 0 Å². The fourth-order valence-electron chi connectivity index (χ4n) is 4.19. The summed E-state index contributed by atoms with van der Waals surface area (Å²) in [6.07, 6.45) is 5.70. The van der Waals surface area contributed by atoms with Crippen LogP contribution in [0, 0.1) is 0 Å². The number of rotatable bonds is 5. The van der Waals surface area contributed by atoms with Crippen LogP contribution in [0.4, 0.5) is 0 Å². The first-order chi connectivity index (χ1) is 13.4. The molecule has 1 aromatic carbocycles. The van der Waals surface area contributed by atoms with Crippen LogP contribution in [0.25, 0.3) is 0 Å². The number of carbonyl (C=O) groups excluding carboxylic acids is 2. The van der Waals surface area contributed by atoms with E-state index < -0.39 is 6.04 Å². The van der Waals surface area contributed by atoms with Crippen molar-refractivity contribution in [2.75, 3.05) is 19.6 Å². The highest BCUT2D eigenvalue weighted by atomic mass is 16.2. The van der Waals surface area contributed by atoms with Gasteiger partial charge < -0.3 is 16.0 Å². The van der Waals surface area contributed by atoms with Crippen molar-refractivity contribution in [1.29, 1.82) is 0 Å². The van der Waals surface area contributed by atoms with Crippen LogP contribution < -0.4 is 11.1 Å². The lowest BCUT2D eigenvalue weighted by Gasteiger charge is -2.25. The molecule has 0 radical (unpaired) electrons. The first kappa shape index (κ1) is 20.8. The Morgan fingerprint density at radius 1 is 1.11 bits per heavy atom. The van der Waals surface area contributed by atoms with Gasteiger partial charge in [0.05, 0.1) is 0 Å². The number of hydrogen-bond donors (Lipinski definition) is 2. The lowest BCUT2D eigenvalue weighted by molar-refractivity contribution is -0.125. The molecule has 2 aliphatic rings. The number of carbonyl (C=O) groups is 2. The first-order valence-corrected chi connectivity index (χ1v) is 10.6. The standard InChI is InChI=1S/C22H34N4O2/c1-16(2)24-21(27)20-13-19(23)15-26(20)22(28)18-9-7-17(8-10-18)14-25-11-5-3-4-6-12-25/h7-10,16,19-20H,3-6,11-15,23H2,1-2H3,(H,24,27)/t19-,20-/m0/s1. The molecular formula is C22H34N4O2. The molecule has 2 aliphatic heterocycles. The van der Waals surface area contributed by atoms with Crippen molar-refractivity contribution in [1.82, 2.24) is 15.1 Å². The van der Waals surface area contributed by atoms with E-state index in [0.717, 1.165) is 19.6 Å². The molecule has 2 atom stereocenters. The topological polar surface area (TPSA) is 78.7 Å². The Hall–Kier alpha value is -1.92. The van der Waals surface area contributed by atoms with E-state index in [1.54, 1.807) is 4.90 Å². The predicted octanol–water partition coefficient (Wildman–Crippen LogP) is 2.13. The molecular weight excluding hydrogens is 352 g/mol. The quantitative estimate of drug-likeness (QED) is 0.813. The number of amides is 2. The molecule has 2 heterocycles. The monoisotopic (exact) mass is 386 g/mol. The van der Waals surface area contributed by atoms with Gasteiger partial charge in [-0.3, -0.25) is 14.5 Å². The molecule has 0 unspecified atom stereocenters. The molecule has 28 heavy (non-hydrogen) atoms. The molecule has 2 fully saturated rings. The summed E-state index contributed by atoms with van der Waals surface area (Å²) in [7, 11) is 0. The van der Waals surface area contributed by atoms with Crippen LogP contribution in [0.3, 0.4) is 0 Å². The lowest BCUT2D eigenvalue weighted by Crippen LogP contribution is -2.47. The molecule has 154 valence electrons. The minimum absolute atomic E-state index is 0.0412. The van der Waals surface area contributed by atoms with Crippen molar-refractivity contribution in [3.05, 3.63) is 35.4 Å². The molecule has 0 bridgehead atoms. The van der Waals surface area contributed by atoms with Gasteiger partial charge in [-0.2, -0.15) is 0 Å². The summed E-state index contributed by atoms with van der Waals surface area (Å²) in [6, 6.07) is 7.25. The lowest BCUT2D eigenvalue weighted by atomic mass is 10.1. The molecule has 2 amide bonds. The summed E-state index contributed by atoms with van der Waals surface area (Å²) in [5.74, 6) is -0.229. The summed E-state index contributed by atoms with van der Waals surface area (Å²) in [6.45, 7) is 7.49. The largest absolute Gasteiger partial charge is 0.352 e. The maximum atomic E-state index is 13.0. The molecule has 2 saturated heterocycles. The average molecular weight is 387 g/mol. The molecule has 3 rings (SSSR count). The Kier molecular flexibility index (Phi) is 7.08. The summed E-state index contributed by atoms with van der Waals surface area (Å²) in [4.78, 5) is 29.6. The maximum absolute atomic E-state index is 13.0. The van der Waals surface area contributed by atoms with E-state index in [9.17, 15) is 9.59 Å². The minimum atomic E-state index is -0.485. The van der Waals surface area contributed by atoms with Gasteiger partial charge in [-0.15, -0.1) is 0 Å². The second kappa shape index (κ2) is 9.52. The molecule has 6 nitrogen and oxygen atoms in total. The van der Waals surface area contributed by atoms with Crippen LogP contribution >= 0.6 is 0 Å². The Bertz CT molecular complexity index is 666. The van der Waals surface area contributed by atoms with Gasteiger partial charge in [-0.25, -0.2) is 0 Å². The molecule has 1 aromatic rings. The van der Waals surface area contributed by atoms with Gasteiger partial charge >= 0.3 is 0 Å². The van der Waals surface area contributed by atoms with E-state index in [4.69, 9.17) is 5.73 Å². The third-order valence-corrected chi connectivity index (χ3v) is 5.63. The van der Waals surface area contributed by atoms with Crippen LogP contribution in [0.15, 0.2) is 24.3 Å². The predicted molar refractivity (Wildman–Crippen MR) is 111 cm³/mol. The van der Waals surface area contributed by atoms with Crippen molar-refractivity contribution >= 4 is 11.8 Å². The SMILES string of the molecule is CC(C)NC(=O)[C@@H]1C[C@H](N)CN1C(=O)c1ccc(CN2CCCCCC2)cc1. The van der Waals surface area contributed by atoms with Crippen LogP contribution in [-0.4, -0.2) is 59.4 Å². The van der Waals surface area contributed by atoms with Gasteiger partial charge in [0.15, 0.2) is 0 Å². The van der Waals surface area contributed by atoms with Gasteiger partial charge in [-0.1, -0.05) is 25.0 Å². The highest BCUT2D eigenvalue weighted by Crippen LogP contribution is 2.21. The molecule has 0 aromatic heterocycles. The van der Waals surface area contributed by atoms with Gasteiger partial charge in [0.2, 0.25) is 5.91 Å². The molecule has 0 saturated carbocycles. The summed E-state index contributed by atoms with van der Waals surface area (Å²) >= 11 is 0. The molecule has 0 aliphatic carbocycles. The van der Waals surface area contributed by atoms with E-state index in [2.05, 4.69) is 10.2 Å². The second-order valence-electron chi connectivity index (χ2n) is 8.52. The third-order valence-electron chi connectivity index (χ3n) is 5.63. The highest BCUT2D eigenvalue weighted by molar-refractivity contribution is 5.98. The normalized spacial score (nSPS) is 23.6. The minimum Gasteiger partial charge on any atom is -0.352 e. The fraction of sp³-hybridized carbons (Fsp3) is 0.636. The number of nitrogens with two attached hydrogens (primary N) is 1.